The molecule has 0 aliphatic carbocycles. The van der Waals surface area contributed by atoms with E-state index in [1.54, 1.807) is 24.3 Å². The van der Waals surface area contributed by atoms with Gasteiger partial charge >= 0.3 is 0 Å². The predicted octanol–water partition coefficient (Wildman–Crippen LogP) is 4.20. The van der Waals surface area contributed by atoms with Crippen molar-refractivity contribution in [2.45, 2.75) is 24.8 Å². The van der Waals surface area contributed by atoms with Crippen LogP contribution < -0.4 is 14.2 Å². The largest absolute Gasteiger partial charge is 0.493 e. The van der Waals surface area contributed by atoms with Crippen molar-refractivity contribution in [3.63, 3.8) is 0 Å². The molecule has 0 saturated heterocycles. The summed E-state index contributed by atoms with van der Waals surface area (Å²) in [6.45, 7) is 3.81. The van der Waals surface area contributed by atoms with Crippen LogP contribution in [0.15, 0.2) is 65.6 Å². The van der Waals surface area contributed by atoms with E-state index in [1.807, 2.05) is 32.0 Å². The molecule has 0 amide bonds. The first-order chi connectivity index (χ1) is 14.2. The summed E-state index contributed by atoms with van der Waals surface area (Å²) in [5.41, 5.74) is 3.14. The molecule has 158 valence electrons. The molecule has 0 bridgehead atoms. The maximum atomic E-state index is 13.0. The zero-order valence-electron chi connectivity index (χ0n) is 17.3. The Bertz CT molecular complexity index is 1140. The van der Waals surface area contributed by atoms with Crippen LogP contribution in [0.1, 0.15) is 28.4 Å². The molecule has 1 atom stereocenters. The molecule has 0 aliphatic heterocycles. The van der Waals surface area contributed by atoms with Crippen LogP contribution in [0.3, 0.4) is 0 Å². The standard InChI is InChI=1S/C23H25NO5S/c1-15-8-10-18(11-9-15)30(26,27)24-20-14-22(29-4)21(28-3)13-19(20)23(25)17-7-5-6-16(2)12-17/h5-14,23-25H,1-4H3/t23-/m0/s1. The van der Waals surface area contributed by atoms with Crippen LogP contribution in [0.4, 0.5) is 5.69 Å². The Kier molecular flexibility index (Phi) is 6.34. The van der Waals surface area contributed by atoms with Gasteiger partial charge in [0.25, 0.3) is 10.0 Å². The van der Waals surface area contributed by atoms with Crippen molar-refractivity contribution in [1.29, 1.82) is 0 Å². The monoisotopic (exact) mass is 427 g/mol. The third kappa shape index (κ3) is 4.58. The summed E-state index contributed by atoms with van der Waals surface area (Å²) < 4.78 is 39.2. The van der Waals surface area contributed by atoms with Crippen molar-refractivity contribution in [3.05, 3.63) is 82.9 Å². The Morgan fingerprint density at radius 2 is 1.50 bits per heavy atom. The van der Waals surface area contributed by atoms with Crippen LogP contribution in [-0.2, 0) is 10.0 Å². The highest BCUT2D eigenvalue weighted by Gasteiger charge is 2.23. The number of hydrogen-bond acceptors (Lipinski definition) is 5. The second kappa shape index (κ2) is 8.77. The zero-order valence-corrected chi connectivity index (χ0v) is 18.2. The minimum atomic E-state index is -3.88. The maximum Gasteiger partial charge on any atom is 0.261 e. The molecule has 0 aromatic heterocycles. The normalized spacial score (nSPS) is 12.3. The zero-order chi connectivity index (χ0) is 21.9. The highest BCUT2D eigenvalue weighted by atomic mass is 32.2. The molecule has 3 rings (SSSR count). The number of aliphatic hydroxyl groups excluding tert-OH is 1. The third-order valence-corrected chi connectivity index (χ3v) is 6.17. The number of rotatable bonds is 7. The molecule has 6 nitrogen and oxygen atoms in total. The van der Waals surface area contributed by atoms with E-state index in [0.717, 1.165) is 11.1 Å². The number of benzene rings is 3. The van der Waals surface area contributed by atoms with E-state index in [1.165, 1.54) is 32.4 Å². The minimum Gasteiger partial charge on any atom is -0.493 e. The first kappa shape index (κ1) is 21.7. The van der Waals surface area contributed by atoms with Crippen molar-refractivity contribution in [2.75, 3.05) is 18.9 Å². The molecule has 7 heteroatoms. The van der Waals surface area contributed by atoms with Gasteiger partial charge in [0.1, 0.15) is 6.10 Å². The summed E-state index contributed by atoms with van der Waals surface area (Å²) in [7, 11) is -0.930. The van der Waals surface area contributed by atoms with Gasteiger partial charge in [0.2, 0.25) is 0 Å². The number of nitrogens with one attached hydrogen (secondary N) is 1. The lowest BCUT2D eigenvalue weighted by atomic mass is 9.98. The van der Waals surface area contributed by atoms with Gasteiger partial charge in [-0.3, -0.25) is 4.72 Å². The molecule has 3 aromatic rings. The summed E-state index contributed by atoms with van der Waals surface area (Å²) in [5, 5.41) is 11.1. The lowest BCUT2D eigenvalue weighted by molar-refractivity contribution is 0.220. The number of hydrogen-bond donors (Lipinski definition) is 2. The first-order valence-corrected chi connectivity index (χ1v) is 10.8. The Labute approximate surface area is 177 Å². The second-order valence-corrected chi connectivity index (χ2v) is 8.71. The van der Waals surface area contributed by atoms with E-state index in [9.17, 15) is 13.5 Å². The highest BCUT2D eigenvalue weighted by Crippen LogP contribution is 2.39. The van der Waals surface area contributed by atoms with Gasteiger partial charge in [-0.15, -0.1) is 0 Å². The van der Waals surface area contributed by atoms with Crippen LogP contribution in [-0.4, -0.2) is 27.7 Å². The van der Waals surface area contributed by atoms with Gasteiger partial charge in [-0.1, -0.05) is 47.5 Å². The van der Waals surface area contributed by atoms with Crippen LogP contribution in [0.25, 0.3) is 0 Å². The van der Waals surface area contributed by atoms with Gasteiger partial charge in [0.05, 0.1) is 24.8 Å². The Hall–Kier alpha value is -3.03. The summed E-state index contributed by atoms with van der Waals surface area (Å²) in [6.07, 6.45) is -1.07. The van der Waals surface area contributed by atoms with Crippen molar-refractivity contribution in [1.82, 2.24) is 0 Å². The number of sulfonamides is 1. The number of methoxy groups -OCH3 is 2. The van der Waals surface area contributed by atoms with Gasteiger partial charge < -0.3 is 14.6 Å². The fourth-order valence-corrected chi connectivity index (χ4v) is 4.23. The third-order valence-electron chi connectivity index (χ3n) is 4.78. The molecule has 0 unspecified atom stereocenters. The van der Waals surface area contributed by atoms with Crippen LogP contribution in [0.5, 0.6) is 11.5 Å². The van der Waals surface area contributed by atoms with Crippen molar-refractivity contribution in [3.8, 4) is 11.5 Å². The molecule has 0 aliphatic rings. The molecular formula is C23H25NO5S. The molecule has 0 fully saturated rings. The van der Waals surface area contributed by atoms with Crippen LogP contribution >= 0.6 is 0 Å². The Balaban J connectivity index is 2.11. The van der Waals surface area contributed by atoms with Gasteiger partial charge in [0.15, 0.2) is 11.5 Å². The number of aryl methyl sites for hydroxylation is 2. The summed E-state index contributed by atoms with van der Waals surface area (Å²) in [5.74, 6) is 0.733. The number of anilines is 1. The maximum absolute atomic E-state index is 13.0. The molecular weight excluding hydrogens is 402 g/mol. The van der Waals surface area contributed by atoms with E-state index in [-0.39, 0.29) is 10.6 Å². The first-order valence-electron chi connectivity index (χ1n) is 9.35. The molecule has 30 heavy (non-hydrogen) atoms. The molecule has 3 aromatic carbocycles. The summed E-state index contributed by atoms with van der Waals surface area (Å²) >= 11 is 0. The highest BCUT2D eigenvalue weighted by molar-refractivity contribution is 7.92. The fourth-order valence-electron chi connectivity index (χ4n) is 3.15. The minimum absolute atomic E-state index is 0.124. The summed E-state index contributed by atoms with van der Waals surface area (Å²) in [4.78, 5) is 0.124. The van der Waals surface area contributed by atoms with Crippen molar-refractivity contribution < 1.29 is 23.0 Å². The average Bonchev–Trinajstić information content (AvgIpc) is 2.73. The van der Waals surface area contributed by atoms with E-state index in [4.69, 9.17) is 9.47 Å². The van der Waals surface area contributed by atoms with Gasteiger partial charge in [-0.05, 0) is 37.6 Å². The topological polar surface area (TPSA) is 84.9 Å². The van der Waals surface area contributed by atoms with Crippen molar-refractivity contribution >= 4 is 15.7 Å². The Morgan fingerprint density at radius 1 is 0.867 bits per heavy atom. The predicted molar refractivity (Wildman–Crippen MR) is 117 cm³/mol. The molecule has 0 saturated carbocycles. The second-order valence-electron chi connectivity index (χ2n) is 7.03. The lowest BCUT2D eigenvalue weighted by Crippen LogP contribution is -2.16. The van der Waals surface area contributed by atoms with E-state index in [2.05, 4.69) is 4.72 Å². The van der Waals surface area contributed by atoms with E-state index in [0.29, 0.717) is 22.6 Å². The van der Waals surface area contributed by atoms with E-state index >= 15 is 0 Å². The van der Waals surface area contributed by atoms with Gasteiger partial charge in [-0.2, -0.15) is 0 Å². The molecule has 0 spiro atoms. The lowest BCUT2D eigenvalue weighted by Gasteiger charge is -2.20. The molecule has 0 radical (unpaired) electrons. The van der Waals surface area contributed by atoms with E-state index < -0.39 is 16.1 Å². The number of aliphatic hydroxyl groups is 1. The average molecular weight is 428 g/mol. The van der Waals surface area contributed by atoms with Crippen molar-refractivity contribution in [2.24, 2.45) is 0 Å². The smallest absolute Gasteiger partial charge is 0.261 e. The van der Waals surface area contributed by atoms with Gasteiger partial charge in [-0.25, -0.2) is 8.42 Å². The van der Waals surface area contributed by atoms with Gasteiger partial charge in [0, 0.05) is 11.6 Å². The van der Waals surface area contributed by atoms with Crippen LogP contribution in [0, 0.1) is 13.8 Å². The molecule has 0 heterocycles. The fraction of sp³-hybridized carbons (Fsp3) is 0.217. The van der Waals surface area contributed by atoms with Crippen LogP contribution in [0.2, 0.25) is 0 Å². The Morgan fingerprint density at radius 3 is 2.10 bits per heavy atom. The number of ether oxygens (including phenoxy) is 2. The SMILES string of the molecule is COc1cc(NS(=O)(=O)c2ccc(C)cc2)c([C@@H](O)c2cccc(C)c2)cc1OC. The quantitative estimate of drug-likeness (QED) is 0.590. The molecule has 2 N–H and O–H groups in total. The summed E-state index contributed by atoms with van der Waals surface area (Å²) in [6, 6.07) is 17.0.